The third-order valence-corrected chi connectivity index (χ3v) is 6.15. The van der Waals surface area contributed by atoms with Crippen molar-refractivity contribution in [2.24, 2.45) is 5.92 Å². The summed E-state index contributed by atoms with van der Waals surface area (Å²) in [5.74, 6) is 6.61. The van der Waals surface area contributed by atoms with Crippen LogP contribution >= 0.6 is 0 Å². The number of nitrogens with zero attached hydrogens (tertiary/aromatic N) is 3. The number of rotatable bonds is 6. The van der Waals surface area contributed by atoms with E-state index in [2.05, 4.69) is 16.8 Å². The highest BCUT2D eigenvalue weighted by molar-refractivity contribution is 5.97. The van der Waals surface area contributed by atoms with Crippen LogP contribution in [0, 0.1) is 17.8 Å². The van der Waals surface area contributed by atoms with Gasteiger partial charge in [-0.1, -0.05) is 37.8 Å². The molecule has 2 aromatic rings. The number of likely N-dealkylation sites (N-methyl/N-ethyl adjacent to an activating group) is 1. The smallest absolute Gasteiger partial charge is 0.259 e. The van der Waals surface area contributed by atoms with Gasteiger partial charge in [0.25, 0.3) is 5.91 Å². The normalized spacial score (nSPS) is 18.2. The van der Waals surface area contributed by atoms with Crippen molar-refractivity contribution in [3.63, 3.8) is 0 Å². The van der Waals surface area contributed by atoms with Gasteiger partial charge in [0.15, 0.2) is 0 Å². The Bertz CT molecular complexity index is 1120. The van der Waals surface area contributed by atoms with Gasteiger partial charge in [-0.2, -0.15) is 0 Å². The zero-order chi connectivity index (χ0) is 25.5. The molecule has 0 saturated heterocycles. The van der Waals surface area contributed by atoms with Crippen LogP contribution in [0.5, 0.6) is 11.6 Å². The molecule has 2 amide bonds. The number of benzene rings is 1. The van der Waals surface area contributed by atoms with E-state index in [0.29, 0.717) is 30.8 Å². The Balaban J connectivity index is 2.00. The fourth-order valence-electron chi connectivity index (χ4n) is 3.92. The Labute approximate surface area is 206 Å². The molecule has 1 aromatic heterocycles. The monoisotopic (exact) mass is 479 g/mol. The van der Waals surface area contributed by atoms with Gasteiger partial charge >= 0.3 is 0 Å². The number of fused-ring (bicyclic) bond motifs is 1. The largest absolute Gasteiger partial charge is 0.495 e. The predicted octanol–water partition coefficient (Wildman–Crippen LogP) is 2.58. The highest BCUT2D eigenvalue weighted by atomic mass is 16.5. The second-order valence-electron chi connectivity index (χ2n) is 8.78. The Hall–Kier alpha value is -3.57. The standard InChI is InChI=1S/C27H33N3O5/c1-6-25(32)29(4)16-24-18(2)15-30(19(3)17-31)27(33)22-13-20(14-28-26(22)35-24)11-12-21-9-7-8-10-23(21)34-5/h7-10,13-14,18-19,24,31H,6,15-17H2,1-5H3/t18-,19+,24-/m1/s1. The molecule has 0 unspecified atom stereocenters. The van der Waals surface area contributed by atoms with Crippen LogP contribution in [0.3, 0.4) is 0 Å². The molecule has 8 nitrogen and oxygen atoms in total. The molecule has 1 aliphatic rings. The molecule has 1 N–H and O–H groups in total. The first-order valence-electron chi connectivity index (χ1n) is 11.8. The number of carbonyl (C=O) groups excluding carboxylic acids is 2. The molecule has 0 fully saturated rings. The number of methoxy groups -OCH3 is 1. The summed E-state index contributed by atoms with van der Waals surface area (Å²) in [4.78, 5) is 33.4. The summed E-state index contributed by atoms with van der Waals surface area (Å²) in [5, 5.41) is 9.80. The molecular formula is C27H33N3O5. The maximum atomic E-state index is 13.5. The molecule has 0 aliphatic carbocycles. The number of pyridine rings is 1. The fraction of sp³-hybridized carbons (Fsp3) is 0.444. The second kappa shape index (κ2) is 11.7. The number of hydrogen-bond acceptors (Lipinski definition) is 6. The lowest BCUT2D eigenvalue weighted by atomic mass is 9.99. The number of aliphatic hydroxyl groups is 1. The fourth-order valence-corrected chi connectivity index (χ4v) is 3.92. The van der Waals surface area contributed by atoms with E-state index in [0.717, 1.165) is 5.56 Å². The van der Waals surface area contributed by atoms with Crippen molar-refractivity contribution < 1.29 is 24.2 Å². The number of carbonyl (C=O) groups is 2. The molecular weight excluding hydrogens is 446 g/mol. The number of para-hydroxylation sites is 1. The number of ether oxygens (including phenoxy) is 2. The average Bonchev–Trinajstić information content (AvgIpc) is 2.88. The van der Waals surface area contributed by atoms with Gasteiger partial charge in [-0.15, -0.1) is 0 Å². The summed E-state index contributed by atoms with van der Waals surface area (Å²) < 4.78 is 11.6. The van der Waals surface area contributed by atoms with Crippen molar-refractivity contribution in [2.45, 2.75) is 39.3 Å². The van der Waals surface area contributed by atoms with Gasteiger partial charge in [-0.3, -0.25) is 9.59 Å². The molecule has 3 rings (SSSR count). The molecule has 0 bridgehead atoms. The lowest BCUT2D eigenvalue weighted by Gasteiger charge is -2.37. The van der Waals surface area contributed by atoms with Crippen molar-refractivity contribution in [2.75, 3.05) is 33.9 Å². The Morgan fingerprint density at radius 2 is 2.11 bits per heavy atom. The van der Waals surface area contributed by atoms with E-state index in [-0.39, 0.29) is 41.9 Å². The Morgan fingerprint density at radius 3 is 2.80 bits per heavy atom. The lowest BCUT2D eigenvalue weighted by molar-refractivity contribution is -0.131. The molecule has 2 heterocycles. The SMILES string of the molecule is CCC(=O)N(C)C[C@H]1Oc2ncc(C#Cc3ccccc3OC)cc2C(=O)N([C@@H](C)CO)C[C@H]1C. The lowest BCUT2D eigenvalue weighted by Crippen LogP contribution is -2.50. The molecule has 3 atom stereocenters. The van der Waals surface area contributed by atoms with Gasteiger partial charge in [0, 0.05) is 37.7 Å². The Morgan fingerprint density at radius 1 is 1.37 bits per heavy atom. The highest BCUT2D eigenvalue weighted by Gasteiger charge is 2.34. The van der Waals surface area contributed by atoms with E-state index in [1.807, 2.05) is 38.1 Å². The van der Waals surface area contributed by atoms with Crippen LogP contribution in [0.1, 0.15) is 48.7 Å². The van der Waals surface area contributed by atoms with Crippen LogP contribution < -0.4 is 9.47 Å². The summed E-state index contributed by atoms with van der Waals surface area (Å²) in [7, 11) is 3.33. The van der Waals surface area contributed by atoms with Crippen molar-refractivity contribution in [1.82, 2.24) is 14.8 Å². The molecule has 35 heavy (non-hydrogen) atoms. The van der Waals surface area contributed by atoms with Crippen LogP contribution in [0.4, 0.5) is 0 Å². The minimum absolute atomic E-state index is 0.00895. The van der Waals surface area contributed by atoms with Crippen LogP contribution in [0.15, 0.2) is 36.5 Å². The number of aromatic nitrogens is 1. The van der Waals surface area contributed by atoms with E-state index in [1.54, 1.807) is 43.1 Å². The second-order valence-corrected chi connectivity index (χ2v) is 8.78. The third kappa shape index (κ3) is 6.11. The summed E-state index contributed by atoms with van der Waals surface area (Å²) in [6.45, 7) is 6.14. The third-order valence-electron chi connectivity index (χ3n) is 6.15. The molecule has 8 heteroatoms. The molecule has 0 radical (unpaired) electrons. The number of amides is 2. The van der Waals surface area contributed by atoms with E-state index >= 15 is 0 Å². The molecule has 0 spiro atoms. The minimum atomic E-state index is -0.394. The van der Waals surface area contributed by atoms with Crippen LogP contribution in [-0.2, 0) is 4.79 Å². The van der Waals surface area contributed by atoms with Crippen molar-refractivity contribution in [3.05, 3.63) is 53.2 Å². The summed E-state index contributed by atoms with van der Waals surface area (Å²) in [6, 6.07) is 8.69. The summed E-state index contributed by atoms with van der Waals surface area (Å²) in [5.41, 5.74) is 1.54. The van der Waals surface area contributed by atoms with E-state index < -0.39 is 6.04 Å². The molecule has 186 valence electrons. The van der Waals surface area contributed by atoms with Crippen molar-refractivity contribution in [3.8, 4) is 23.5 Å². The highest BCUT2D eigenvalue weighted by Crippen LogP contribution is 2.27. The molecule has 0 saturated carbocycles. The van der Waals surface area contributed by atoms with Crippen LogP contribution in [0.2, 0.25) is 0 Å². The van der Waals surface area contributed by atoms with Gasteiger partial charge < -0.3 is 24.4 Å². The summed E-state index contributed by atoms with van der Waals surface area (Å²) in [6.07, 6.45) is 1.58. The maximum Gasteiger partial charge on any atom is 0.259 e. The first-order chi connectivity index (χ1) is 16.8. The number of hydrogen-bond donors (Lipinski definition) is 1. The van der Waals surface area contributed by atoms with Gasteiger partial charge in [-0.25, -0.2) is 4.98 Å². The van der Waals surface area contributed by atoms with Crippen molar-refractivity contribution in [1.29, 1.82) is 0 Å². The first-order valence-corrected chi connectivity index (χ1v) is 11.8. The molecule has 1 aliphatic heterocycles. The van der Waals surface area contributed by atoms with Gasteiger partial charge in [-0.05, 0) is 25.1 Å². The average molecular weight is 480 g/mol. The zero-order valence-electron chi connectivity index (χ0n) is 20.9. The van der Waals surface area contributed by atoms with Crippen LogP contribution in [0.25, 0.3) is 0 Å². The van der Waals surface area contributed by atoms with Gasteiger partial charge in [0.1, 0.15) is 17.4 Å². The minimum Gasteiger partial charge on any atom is -0.495 e. The quantitative estimate of drug-likeness (QED) is 0.641. The summed E-state index contributed by atoms with van der Waals surface area (Å²) >= 11 is 0. The van der Waals surface area contributed by atoms with E-state index in [1.165, 1.54) is 0 Å². The predicted molar refractivity (Wildman–Crippen MR) is 132 cm³/mol. The zero-order valence-corrected chi connectivity index (χ0v) is 20.9. The first kappa shape index (κ1) is 26.0. The van der Waals surface area contributed by atoms with Crippen LogP contribution in [-0.4, -0.2) is 77.7 Å². The van der Waals surface area contributed by atoms with Crippen molar-refractivity contribution >= 4 is 11.8 Å². The van der Waals surface area contributed by atoms with E-state index in [9.17, 15) is 14.7 Å². The van der Waals surface area contributed by atoms with Gasteiger partial charge in [0.2, 0.25) is 11.8 Å². The Kier molecular flexibility index (Phi) is 8.72. The van der Waals surface area contributed by atoms with Gasteiger partial charge in [0.05, 0.1) is 31.9 Å². The topological polar surface area (TPSA) is 92.2 Å². The van der Waals surface area contributed by atoms with E-state index in [4.69, 9.17) is 9.47 Å². The number of aliphatic hydroxyl groups excluding tert-OH is 1. The maximum absolute atomic E-state index is 13.5. The molecule has 1 aromatic carbocycles.